The summed E-state index contributed by atoms with van der Waals surface area (Å²) in [6.07, 6.45) is 1.77. The van der Waals surface area contributed by atoms with Crippen molar-refractivity contribution in [1.29, 1.82) is 0 Å². The van der Waals surface area contributed by atoms with Gasteiger partial charge in [0.25, 0.3) is 0 Å². The molecule has 0 aliphatic carbocycles. The van der Waals surface area contributed by atoms with Gasteiger partial charge < -0.3 is 20.5 Å². The van der Waals surface area contributed by atoms with Crippen LogP contribution in [-0.2, 0) is 6.54 Å². The number of fused-ring (bicyclic) bond motifs is 1. The van der Waals surface area contributed by atoms with E-state index in [-0.39, 0.29) is 36.1 Å². The van der Waals surface area contributed by atoms with Crippen molar-refractivity contribution in [2.75, 3.05) is 19.0 Å². The summed E-state index contributed by atoms with van der Waals surface area (Å²) < 4.78 is 5.12. The fraction of sp³-hybridized carbons (Fsp3) is 0.286. The highest BCUT2D eigenvalue weighted by molar-refractivity contribution is 6.31. The molecule has 0 unspecified atom stereocenters. The molecule has 8 heteroatoms. The SMILES string of the molecule is COc1ccc(CNC(C)(C)CNc2ccnc3cc(Cl)ccc23)c(O)c1.Cl.Cl. The fourth-order valence-electron chi connectivity index (χ4n) is 2.81. The third-order valence-corrected chi connectivity index (χ3v) is 4.71. The van der Waals surface area contributed by atoms with Gasteiger partial charge in [0.15, 0.2) is 0 Å². The number of halogens is 3. The quantitative estimate of drug-likeness (QED) is 0.441. The molecular formula is C21H26Cl3N3O2. The summed E-state index contributed by atoms with van der Waals surface area (Å²) in [6.45, 7) is 5.48. The van der Waals surface area contributed by atoms with Crippen molar-refractivity contribution in [3.8, 4) is 11.5 Å². The highest BCUT2D eigenvalue weighted by Crippen LogP contribution is 2.26. The van der Waals surface area contributed by atoms with Gasteiger partial charge in [-0.25, -0.2) is 0 Å². The fourth-order valence-corrected chi connectivity index (χ4v) is 2.98. The van der Waals surface area contributed by atoms with Crippen LogP contribution < -0.4 is 15.4 Å². The standard InChI is InChI=1S/C21H24ClN3O2.2ClH/c1-21(2,25-12-14-4-6-16(27-3)11-20(14)26)13-24-18-8-9-23-19-10-15(22)5-7-17(18)19;;/h4-11,25-26H,12-13H2,1-3H3,(H,23,24);2*1H. The lowest BCUT2D eigenvalue weighted by atomic mass is 10.0. The molecule has 29 heavy (non-hydrogen) atoms. The first-order valence-electron chi connectivity index (χ1n) is 8.77. The summed E-state index contributed by atoms with van der Waals surface area (Å²) in [6, 6.07) is 13.0. The zero-order chi connectivity index (χ0) is 19.4. The Morgan fingerprint density at radius 3 is 2.55 bits per heavy atom. The Morgan fingerprint density at radius 2 is 1.86 bits per heavy atom. The van der Waals surface area contributed by atoms with Crippen LogP contribution in [0, 0.1) is 0 Å². The molecule has 158 valence electrons. The number of methoxy groups -OCH3 is 1. The summed E-state index contributed by atoms with van der Waals surface area (Å²) in [5.41, 5.74) is 2.50. The topological polar surface area (TPSA) is 66.4 Å². The minimum atomic E-state index is -0.200. The summed E-state index contributed by atoms with van der Waals surface area (Å²) in [7, 11) is 1.58. The molecule has 2 aromatic carbocycles. The second-order valence-electron chi connectivity index (χ2n) is 7.11. The predicted molar refractivity (Wildman–Crippen MR) is 125 cm³/mol. The van der Waals surface area contributed by atoms with Gasteiger partial charge in [-0.15, -0.1) is 24.8 Å². The molecule has 0 bridgehead atoms. The summed E-state index contributed by atoms with van der Waals surface area (Å²) in [5, 5.41) is 18.8. The summed E-state index contributed by atoms with van der Waals surface area (Å²) >= 11 is 6.05. The minimum Gasteiger partial charge on any atom is -0.507 e. The average molecular weight is 459 g/mol. The van der Waals surface area contributed by atoms with E-state index in [4.69, 9.17) is 16.3 Å². The largest absolute Gasteiger partial charge is 0.507 e. The molecule has 0 radical (unpaired) electrons. The number of aromatic nitrogens is 1. The molecule has 0 saturated carbocycles. The van der Waals surface area contributed by atoms with E-state index in [1.165, 1.54) is 0 Å². The smallest absolute Gasteiger partial charge is 0.123 e. The van der Waals surface area contributed by atoms with Crippen molar-refractivity contribution in [2.45, 2.75) is 25.9 Å². The highest BCUT2D eigenvalue weighted by Gasteiger charge is 2.18. The second kappa shape index (κ2) is 10.7. The molecule has 3 rings (SSSR count). The number of benzene rings is 2. The van der Waals surface area contributed by atoms with Crippen LogP contribution >= 0.6 is 36.4 Å². The van der Waals surface area contributed by atoms with Gasteiger partial charge in [0.05, 0.1) is 12.6 Å². The summed E-state index contributed by atoms with van der Waals surface area (Å²) in [5.74, 6) is 0.865. The van der Waals surface area contributed by atoms with Crippen LogP contribution in [0.4, 0.5) is 5.69 Å². The average Bonchev–Trinajstić information content (AvgIpc) is 2.65. The van der Waals surface area contributed by atoms with Crippen molar-refractivity contribution in [1.82, 2.24) is 10.3 Å². The van der Waals surface area contributed by atoms with E-state index in [9.17, 15) is 5.11 Å². The molecule has 3 aromatic rings. The second-order valence-corrected chi connectivity index (χ2v) is 7.54. The first-order chi connectivity index (χ1) is 12.9. The van der Waals surface area contributed by atoms with Crippen LogP contribution in [0.3, 0.4) is 0 Å². The number of aromatic hydroxyl groups is 1. The number of phenols is 1. The molecule has 1 aromatic heterocycles. The van der Waals surface area contributed by atoms with Gasteiger partial charge in [-0.2, -0.15) is 0 Å². The number of ether oxygens (including phenoxy) is 1. The maximum absolute atomic E-state index is 10.1. The Morgan fingerprint density at radius 1 is 1.10 bits per heavy atom. The number of phenolic OH excluding ortho intramolecular Hbond substituents is 1. The van der Waals surface area contributed by atoms with Gasteiger partial charge in [0.2, 0.25) is 0 Å². The maximum Gasteiger partial charge on any atom is 0.123 e. The van der Waals surface area contributed by atoms with E-state index >= 15 is 0 Å². The number of rotatable bonds is 7. The van der Waals surface area contributed by atoms with Crippen LogP contribution in [-0.4, -0.2) is 29.3 Å². The number of pyridine rings is 1. The van der Waals surface area contributed by atoms with Gasteiger partial charge >= 0.3 is 0 Å². The van der Waals surface area contributed by atoms with Gasteiger partial charge in [0, 0.05) is 52.6 Å². The Bertz CT molecular complexity index is 952. The molecule has 0 atom stereocenters. The van der Waals surface area contributed by atoms with Crippen LogP contribution in [0.25, 0.3) is 10.9 Å². The Labute approximate surface area is 188 Å². The number of hydrogen-bond donors (Lipinski definition) is 3. The van der Waals surface area contributed by atoms with Crippen LogP contribution in [0.15, 0.2) is 48.7 Å². The van der Waals surface area contributed by atoms with E-state index in [2.05, 4.69) is 29.5 Å². The monoisotopic (exact) mass is 457 g/mol. The minimum absolute atomic E-state index is 0. The van der Waals surface area contributed by atoms with Crippen molar-refractivity contribution >= 4 is 53.0 Å². The van der Waals surface area contributed by atoms with E-state index in [0.29, 0.717) is 23.9 Å². The molecule has 0 saturated heterocycles. The molecule has 0 spiro atoms. The molecule has 0 aliphatic heterocycles. The zero-order valence-electron chi connectivity index (χ0n) is 16.5. The van der Waals surface area contributed by atoms with Crippen LogP contribution in [0.5, 0.6) is 11.5 Å². The highest BCUT2D eigenvalue weighted by atomic mass is 35.5. The molecule has 1 heterocycles. The van der Waals surface area contributed by atoms with E-state index in [1.54, 1.807) is 19.4 Å². The van der Waals surface area contributed by atoms with E-state index in [0.717, 1.165) is 22.2 Å². The lowest BCUT2D eigenvalue weighted by Crippen LogP contribution is -2.44. The Balaban J connectivity index is 0.00000210. The number of nitrogens with zero attached hydrogens (tertiary/aromatic N) is 1. The van der Waals surface area contributed by atoms with Gasteiger partial charge in [0.1, 0.15) is 11.5 Å². The van der Waals surface area contributed by atoms with Crippen molar-refractivity contribution in [2.24, 2.45) is 0 Å². The van der Waals surface area contributed by atoms with E-state index < -0.39 is 0 Å². The summed E-state index contributed by atoms with van der Waals surface area (Å²) in [4.78, 5) is 4.37. The van der Waals surface area contributed by atoms with Crippen molar-refractivity contribution < 1.29 is 9.84 Å². The zero-order valence-corrected chi connectivity index (χ0v) is 18.9. The molecule has 0 aliphatic rings. The molecule has 5 nitrogen and oxygen atoms in total. The molecule has 0 fully saturated rings. The molecular weight excluding hydrogens is 433 g/mol. The van der Waals surface area contributed by atoms with Crippen molar-refractivity contribution in [3.05, 3.63) is 59.2 Å². The normalized spacial score (nSPS) is 10.8. The number of anilines is 1. The molecule has 0 amide bonds. The Hall–Kier alpha value is -1.92. The first kappa shape index (κ1) is 25.1. The molecule has 3 N–H and O–H groups in total. The van der Waals surface area contributed by atoms with Crippen LogP contribution in [0.2, 0.25) is 5.02 Å². The maximum atomic E-state index is 10.1. The third-order valence-electron chi connectivity index (χ3n) is 4.48. The van der Waals surface area contributed by atoms with Gasteiger partial charge in [-0.1, -0.05) is 17.7 Å². The third kappa shape index (κ3) is 6.54. The van der Waals surface area contributed by atoms with Gasteiger partial charge in [-0.05, 0) is 44.2 Å². The Kier molecular flexibility index (Phi) is 9.30. The first-order valence-corrected chi connectivity index (χ1v) is 9.15. The lowest BCUT2D eigenvalue weighted by Gasteiger charge is -2.28. The lowest BCUT2D eigenvalue weighted by molar-refractivity contribution is 0.391. The van der Waals surface area contributed by atoms with Crippen molar-refractivity contribution in [3.63, 3.8) is 0 Å². The number of hydrogen-bond acceptors (Lipinski definition) is 5. The van der Waals surface area contributed by atoms with E-state index in [1.807, 2.05) is 36.4 Å². The predicted octanol–water partition coefficient (Wildman–Crippen LogP) is 5.43. The van der Waals surface area contributed by atoms with Gasteiger partial charge in [-0.3, -0.25) is 4.98 Å². The van der Waals surface area contributed by atoms with Crippen LogP contribution in [0.1, 0.15) is 19.4 Å². The number of nitrogens with one attached hydrogen (secondary N) is 2.